The first-order valence-electron chi connectivity index (χ1n) is 11.4. The highest BCUT2D eigenvalue weighted by atomic mass is 19.4. The predicted molar refractivity (Wildman–Crippen MR) is 118 cm³/mol. The molecule has 36 heavy (non-hydrogen) atoms. The molecule has 0 aliphatic heterocycles. The van der Waals surface area contributed by atoms with Crippen LogP contribution in [0.25, 0.3) is 0 Å². The van der Waals surface area contributed by atoms with Crippen LogP contribution in [0.3, 0.4) is 0 Å². The van der Waals surface area contributed by atoms with Crippen molar-refractivity contribution in [2.45, 2.75) is 69.5 Å². The van der Waals surface area contributed by atoms with Crippen molar-refractivity contribution in [1.29, 1.82) is 0 Å². The molecule has 2 aliphatic rings. The first kappa shape index (κ1) is 25.7. The van der Waals surface area contributed by atoms with Crippen molar-refractivity contribution in [1.82, 2.24) is 14.9 Å². The van der Waals surface area contributed by atoms with E-state index in [0.29, 0.717) is 18.4 Å². The highest BCUT2D eigenvalue weighted by molar-refractivity contribution is 6.39. The van der Waals surface area contributed by atoms with Gasteiger partial charge in [0.25, 0.3) is 0 Å². The predicted octanol–water partition coefficient (Wildman–Crippen LogP) is 4.08. The molecule has 194 valence electrons. The molecule has 2 saturated carbocycles. The summed E-state index contributed by atoms with van der Waals surface area (Å²) in [5.41, 5.74) is 5.95. The normalized spacial score (nSPS) is 19.9. The molecule has 0 unspecified atom stereocenters. The van der Waals surface area contributed by atoms with Gasteiger partial charge in [-0.3, -0.25) is 14.6 Å². The molecule has 2 aromatic rings. The Morgan fingerprint density at radius 3 is 2.50 bits per heavy atom. The second-order valence-corrected chi connectivity index (χ2v) is 8.83. The van der Waals surface area contributed by atoms with Crippen LogP contribution in [0.2, 0.25) is 0 Å². The summed E-state index contributed by atoms with van der Waals surface area (Å²) < 4.78 is 69.2. The number of nitrogens with one attached hydrogen (secondary N) is 1. The molecular weight excluding hydrogens is 489 g/mol. The lowest BCUT2D eigenvalue weighted by Crippen LogP contribution is -2.49. The molecule has 4 rings (SSSR count). The molecule has 2 atom stereocenters. The van der Waals surface area contributed by atoms with Gasteiger partial charge in [-0.15, -0.1) is 0 Å². The van der Waals surface area contributed by atoms with E-state index < -0.39 is 42.3 Å². The summed E-state index contributed by atoms with van der Waals surface area (Å²) in [5.74, 6) is -1.55. The zero-order valence-corrected chi connectivity index (χ0v) is 19.0. The summed E-state index contributed by atoms with van der Waals surface area (Å²) in [6.07, 6.45) is -0.913. The Morgan fingerprint density at radius 1 is 1.14 bits per heavy atom. The molecule has 13 heteroatoms. The number of anilines is 2. The first-order valence-corrected chi connectivity index (χ1v) is 11.4. The van der Waals surface area contributed by atoms with Crippen LogP contribution in [0.1, 0.15) is 54.8 Å². The molecule has 2 aliphatic carbocycles. The summed E-state index contributed by atoms with van der Waals surface area (Å²) in [6, 6.07) is 2.61. The van der Waals surface area contributed by atoms with E-state index in [1.807, 2.05) is 0 Å². The molecule has 0 aromatic carbocycles. The molecule has 8 nitrogen and oxygen atoms in total. The number of nitrogens with zero attached hydrogens (tertiary/aromatic N) is 3. The minimum absolute atomic E-state index is 0.0528. The average Bonchev–Trinajstić information content (AvgIpc) is 3.57. The van der Waals surface area contributed by atoms with Crippen LogP contribution in [0.5, 0.6) is 0 Å². The van der Waals surface area contributed by atoms with Crippen LogP contribution in [0.15, 0.2) is 30.6 Å². The summed E-state index contributed by atoms with van der Waals surface area (Å²) in [6.45, 7) is -3.46. The molecule has 2 aromatic heterocycles. The standard InChI is InChI=1S/C23H24F5N5O3/c24-22(25)36-18-3-1-2-17(18)33(11-14-7-6-13(9-30-14)23(26,27)28)21(35)20(34)32-15-8-16(12-4-5-12)19(29)31-10-15/h6-10,12,17-18,22H,1-5,11H2,(H2,29,31)(H,32,34)/t17-,18-/m1/s1. The number of ether oxygens (including phenoxy) is 1. The average molecular weight is 513 g/mol. The van der Waals surface area contributed by atoms with Crippen molar-refractivity contribution in [3.8, 4) is 0 Å². The number of alkyl halides is 5. The van der Waals surface area contributed by atoms with E-state index in [0.717, 1.165) is 35.4 Å². The molecule has 3 N–H and O–H groups in total. The van der Waals surface area contributed by atoms with E-state index in [2.05, 4.69) is 20.0 Å². The first-order chi connectivity index (χ1) is 17.0. The Balaban J connectivity index is 1.55. The van der Waals surface area contributed by atoms with Crippen LogP contribution in [-0.2, 0) is 27.0 Å². The van der Waals surface area contributed by atoms with Crippen molar-refractivity contribution in [2.24, 2.45) is 0 Å². The number of aromatic nitrogens is 2. The number of nitrogens with two attached hydrogens (primary N) is 1. The summed E-state index contributed by atoms with van der Waals surface area (Å²) in [5, 5.41) is 2.46. The Labute approximate surface area is 203 Å². The largest absolute Gasteiger partial charge is 0.417 e. The zero-order chi connectivity index (χ0) is 26.0. The molecule has 0 radical (unpaired) electrons. The Hall–Kier alpha value is -3.35. The van der Waals surface area contributed by atoms with Crippen molar-refractivity contribution >= 4 is 23.3 Å². The third kappa shape index (κ3) is 6.07. The molecule has 2 amide bonds. The Kier molecular flexibility index (Phi) is 7.38. The number of amides is 2. The molecule has 2 fully saturated rings. The number of pyridine rings is 2. The lowest BCUT2D eigenvalue weighted by Gasteiger charge is -2.32. The van der Waals surface area contributed by atoms with Crippen LogP contribution >= 0.6 is 0 Å². The molecule has 0 spiro atoms. The van der Waals surface area contributed by atoms with Gasteiger partial charge in [-0.2, -0.15) is 22.0 Å². The minimum atomic E-state index is -4.60. The Morgan fingerprint density at radius 2 is 1.89 bits per heavy atom. The maximum Gasteiger partial charge on any atom is 0.417 e. The monoisotopic (exact) mass is 513 g/mol. The van der Waals surface area contributed by atoms with E-state index in [4.69, 9.17) is 5.73 Å². The van der Waals surface area contributed by atoms with Gasteiger partial charge in [0.15, 0.2) is 0 Å². The third-order valence-corrected chi connectivity index (χ3v) is 6.26. The topological polar surface area (TPSA) is 110 Å². The molecule has 0 saturated heterocycles. The van der Waals surface area contributed by atoms with Gasteiger partial charge in [0, 0.05) is 6.20 Å². The van der Waals surface area contributed by atoms with E-state index in [1.54, 1.807) is 6.07 Å². The number of carbonyl (C=O) groups excluding carboxylic acids is 2. The van der Waals surface area contributed by atoms with Gasteiger partial charge in [-0.1, -0.05) is 0 Å². The maximum atomic E-state index is 13.2. The molecular formula is C23H24F5N5O3. The van der Waals surface area contributed by atoms with Gasteiger partial charge in [0.1, 0.15) is 5.82 Å². The van der Waals surface area contributed by atoms with E-state index in [9.17, 15) is 31.5 Å². The van der Waals surface area contributed by atoms with E-state index >= 15 is 0 Å². The van der Waals surface area contributed by atoms with Crippen LogP contribution in [0.4, 0.5) is 33.5 Å². The smallest absolute Gasteiger partial charge is 0.383 e. The fourth-order valence-electron chi connectivity index (χ4n) is 4.35. The number of hydrogen-bond acceptors (Lipinski definition) is 6. The third-order valence-electron chi connectivity index (χ3n) is 6.26. The SMILES string of the molecule is Nc1ncc(NC(=O)C(=O)N(Cc2ccc(C(F)(F)F)cn2)[C@@H]2CCC[C@H]2OC(F)F)cc1C1CC1. The van der Waals surface area contributed by atoms with Crippen LogP contribution < -0.4 is 11.1 Å². The highest BCUT2D eigenvalue weighted by Crippen LogP contribution is 2.42. The van der Waals surface area contributed by atoms with E-state index in [-0.39, 0.29) is 36.7 Å². The summed E-state index contributed by atoms with van der Waals surface area (Å²) in [7, 11) is 0. The molecule has 0 bridgehead atoms. The fourth-order valence-corrected chi connectivity index (χ4v) is 4.35. The number of nitrogen functional groups attached to an aromatic ring is 1. The van der Waals surface area contributed by atoms with Gasteiger partial charge in [-0.05, 0) is 61.8 Å². The minimum Gasteiger partial charge on any atom is -0.383 e. The van der Waals surface area contributed by atoms with Gasteiger partial charge in [-0.25, -0.2) is 4.98 Å². The number of hydrogen-bond donors (Lipinski definition) is 2. The Bertz CT molecular complexity index is 1110. The van der Waals surface area contributed by atoms with Crippen molar-refractivity contribution in [3.63, 3.8) is 0 Å². The van der Waals surface area contributed by atoms with Crippen LogP contribution in [0, 0.1) is 0 Å². The fraction of sp³-hybridized carbons (Fsp3) is 0.478. The second kappa shape index (κ2) is 10.3. The summed E-state index contributed by atoms with van der Waals surface area (Å²) in [4.78, 5) is 34.9. The van der Waals surface area contributed by atoms with Crippen LogP contribution in [-0.4, -0.2) is 45.4 Å². The van der Waals surface area contributed by atoms with Gasteiger partial charge in [0.05, 0.1) is 41.8 Å². The van der Waals surface area contributed by atoms with Gasteiger partial charge < -0.3 is 20.7 Å². The zero-order valence-electron chi connectivity index (χ0n) is 19.0. The highest BCUT2D eigenvalue weighted by Gasteiger charge is 2.39. The number of halogens is 5. The van der Waals surface area contributed by atoms with Gasteiger partial charge in [0.2, 0.25) is 0 Å². The van der Waals surface area contributed by atoms with Gasteiger partial charge >= 0.3 is 24.6 Å². The van der Waals surface area contributed by atoms with E-state index in [1.165, 1.54) is 6.20 Å². The molecule has 2 heterocycles. The second-order valence-electron chi connectivity index (χ2n) is 8.83. The number of carbonyl (C=O) groups is 2. The lowest BCUT2D eigenvalue weighted by atomic mass is 10.1. The number of rotatable bonds is 7. The van der Waals surface area contributed by atoms with Crippen molar-refractivity contribution < 1.29 is 36.3 Å². The lowest BCUT2D eigenvalue weighted by molar-refractivity contribution is -0.178. The quantitative estimate of drug-likeness (QED) is 0.427. The maximum absolute atomic E-state index is 13.2. The summed E-state index contributed by atoms with van der Waals surface area (Å²) >= 11 is 0. The van der Waals surface area contributed by atoms with Crippen molar-refractivity contribution in [3.05, 3.63) is 47.4 Å². The van der Waals surface area contributed by atoms with Crippen molar-refractivity contribution in [2.75, 3.05) is 11.1 Å².